The molecule has 5 nitrogen and oxygen atoms in total. The maximum absolute atomic E-state index is 13.6. The molecule has 1 aromatic heterocycles. The van der Waals surface area contributed by atoms with Crippen molar-refractivity contribution in [3.63, 3.8) is 0 Å². The number of amidine groups is 1. The number of halogens is 5. The third kappa shape index (κ3) is 7.17. The van der Waals surface area contributed by atoms with Gasteiger partial charge in [0.25, 0.3) is 5.66 Å². The lowest BCUT2D eigenvalue weighted by Crippen LogP contribution is -2.28. The van der Waals surface area contributed by atoms with E-state index in [1.54, 1.807) is 31.4 Å². The Morgan fingerprint density at radius 2 is 1.92 bits per heavy atom. The van der Waals surface area contributed by atoms with Crippen molar-refractivity contribution in [2.75, 3.05) is 20.6 Å². The average Bonchev–Trinajstić information content (AvgIpc) is 3.20. The summed E-state index contributed by atoms with van der Waals surface area (Å²) in [5, 5.41) is 5.02. The highest BCUT2D eigenvalue weighted by Gasteiger charge is 2.36. The average molecular weight is 557 g/mol. The summed E-state index contributed by atoms with van der Waals surface area (Å²) in [6.07, 6.45) is -0.496. The van der Waals surface area contributed by atoms with Gasteiger partial charge < -0.3 is 4.90 Å². The molecule has 0 aliphatic heterocycles. The highest BCUT2D eigenvalue weighted by atomic mass is 32.2. The number of hydrogen-bond donors (Lipinski definition) is 0. The van der Waals surface area contributed by atoms with Gasteiger partial charge in [-0.2, -0.15) is 27.1 Å². The van der Waals surface area contributed by atoms with Crippen LogP contribution in [0.3, 0.4) is 0 Å². The normalized spacial score (nSPS) is 13.3. The molecular formula is C25H26F5N4OPS. The first-order valence-electron chi connectivity index (χ1n) is 11.2. The van der Waals surface area contributed by atoms with Gasteiger partial charge in [0.1, 0.15) is 5.84 Å². The van der Waals surface area contributed by atoms with Gasteiger partial charge >= 0.3 is 6.18 Å². The number of benzene rings is 2. The maximum atomic E-state index is 13.6. The second-order valence-electron chi connectivity index (χ2n) is 8.33. The van der Waals surface area contributed by atoms with E-state index in [1.807, 2.05) is 24.9 Å². The van der Waals surface area contributed by atoms with Crippen molar-refractivity contribution in [1.29, 1.82) is 0 Å². The molecule has 0 aliphatic carbocycles. The van der Waals surface area contributed by atoms with Crippen LogP contribution in [-0.2, 0) is 23.2 Å². The second kappa shape index (κ2) is 11.7. The number of aliphatic imine (C=N–C) groups is 1. The zero-order valence-electron chi connectivity index (χ0n) is 20.4. The van der Waals surface area contributed by atoms with Crippen molar-refractivity contribution in [2.24, 2.45) is 4.99 Å². The summed E-state index contributed by atoms with van der Waals surface area (Å²) < 4.78 is 69.4. The molecule has 0 amide bonds. The second-order valence-corrected chi connectivity index (χ2v) is 9.92. The van der Waals surface area contributed by atoms with Crippen LogP contribution in [0.5, 0.6) is 0 Å². The molecule has 0 saturated carbocycles. The fourth-order valence-electron chi connectivity index (χ4n) is 3.89. The zero-order valence-corrected chi connectivity index (χ0v) is 22.4. The quantitative estimate of drug-likeness (QED) is 0.0973. The number of rotatable bonds is 9. The predicted octanol–water partition coefficient (Wildman–Crippen LogP) is 6.66. The largest absolute Gasteiger partial charge is 0.416 e. The van der Waals surface area contributed by atoms with E-state index in [2.05, 4.69) is 10.1 Å². The highest BCUT2D eigenvalue weighted by Crippen LogP contribution is 2.40. The number of likely N-dealkylation sites (N-methyl/N-ethyl adjacent to an activating group) is 1. The Kier molecular flexibility index (Phi) is 9.13. The van der Waals surface area contributed by atoms with E-state index in [0.717, 1.165) is 48.0 Å². The molecule has 0 bridgehead atoms. The summed E-state index contributed by atoms with van der Waals surface area (Å²) in [4.78, 5) is 18.2. The molecule has 1 atom stereocenters. The minimum absolute atomic E-state index is 0.175. The summed E-state index contributed by atoms with van der Waals surface area (Å²) in [6, 6.07) is 7.83. The Hall–Kier alpha value is -2.78. The Bertz CT molecular complexity index is 1330. The molecule has 0 spiro atoms. The van der Waals surface area contributed by atoms with Gasteiger partial charge in [-0.1, -0.05) is 46.1 Å². The van der Waals surface area contributed by atoms with E-state index in [0.29, 0.717) is 27.7 Å². The van der Waals surface area contributed by atoms with Gasteiger partial charge in [0.05, 0.1) is 22.5 Å². The first-order chi connectivity index (χ1) is 17.4. The van der Waals surface area contributed by atoms with Crippen molar-refractivity contribution >= 4 is 49.4 Å². The SMILES string of the molecule is CCCN(C)C(=NC)/C(=C/c1ccc2nn(Cc3ccc(C(F)(F)P)cc3C(F)(F)F)cc2c1)SC=O. The Balaban J connectivity index is 1.96. The molecular weight excluding hydrogens is 530 g/mol. The lowest BCUT2D eigenvalue weighted by molar-refractivity contribution is -0.138. The van der Waals surface area contributed by atoms with Gasteiger partial charge in [-0.3, -0.25) is 14.5 Å². The monoisotopic (exact) mass is 556 g/mol. The Morgan fingerprint density at radius 1 is 1.19 bits per heavy atom. The molecule has 0 N–H and O–H groups in total. The zero-order chi connectivity index (χ0) is 27.4. The maximum Gasteiger partial charge on any atom is 0.416 e. The molecule has 12 heteroatoms. The summed E-state index contributed by atoms with van der Waals surface area (Å²) in [5.41, 5.74) is -3.48. The number of carbonyl (C=O) groups excluding carboxylic acids is 1. The van der Waals surface area contributed by atoms with Gasteiger partial charge in [-0.15, -0.1) is 0 Å². The topological polar surface area (TPSA) is 50.5 Å². The smallest absolute Gasteiger partial charge is 0.359 e. The molecule has 3 aromatic rings. The molecule has 37 heavy (non-hydrogen) atoms. The number of nitrogens with zero attached hydrogens (tertiary/aromatic N) is 4. The van der Waals surface area contributed by atoms with Crippen molar-refractivity contribution in [3.05, 3.63) is 69.8 Å². The van der Waals surface area contributed by atoms with Crippen molar-refractivity contribution in [3.8, 4) is 0 Å². The minimum atomic E-state index is -4.80. The first kappa shape index (κ1) is 28.8. The molecule has 2 aromatic carbocycles. The third-order valence-electron chi connectivity index (χ3n) is 5.53. The van der Waals surface area contributed by atoms with E-state index in [-0.39, 0.29) is 12.1 Å². The Morgan fingerprint density at radius 3 is 2.51 bits per heavy atom. The van der Waals surface area contributed by atoms with Crippen molar-refractivity contribution in [2.45, 2.75) is 31.7 Å². The summed E-state index contributed by atoms with van der Waals surface area (Å²) in [7, 11) is 4.79. The number of alkyl halides is 5. The number of fused-ring (bicyclic) bond motifs is 1. The number of hydrogen-bond acceptors (Lipinski definition) is 4. The standard InChI is InChI=1S/C25H26F5N4OPS/c1-4-9-33(3)23(31-2)22(37-15-35)11-16-5-8-21-18(10-16)14-34(32-21)13-17-6-7-19(25(29,30)36)12-20(17)24(26,27)28/h5-8,10-12,14-15H,4,9,13,36H2,1-3H3/b22-11-,31-23?. The molecule has 1 unspecified atom stereocenters. The molecule has 0 saturated heterocycles. The van der Waals surface area contributed by atoms with E-state index < -0.39 is 23.0 Å². The van der Waals surface area contributed by atoms with E-state index in [4.69, 9.17) is 0 Å². The van der Waals surface area contributed by atoms with Gasteiger partial charge in [0, 0.05) is 37.8 Å². The van der Waals surface area contributed by atoms with E-state index in [9.17, 15) is 26.7 Å². The minimum Gasteiger partial charge on any atom is -0.359 e. The predicted molar refractivity (Wildman–Crippen MR) is 142 cm³/mol. The van der Waals surface area contributed by atoms with Gasteiger partial charge in [0.15, 0.2) is 5.62 Å². The lowest BCUT2D eigenvalue weighted by atomic mass is 10.0. The number of aromatic nitrogens is 2. The molecule has 1 heterocycles. The van der Waals surface area contributed by atoms with Gasteiger partial charge in [0.2, 0.25) is 0 Å². The molecule has 0 radical (unpaired) electrons. The number of thioether (sulfide) groups is 1. The fourth-order valence-corrected chi connectivity index (χ4v) is 4.73. The summed E-state index contributed by atoms with van der Waals surface area (Å²) >= 11 is 1.00. The van der Waals surface area contributed by atoms with Crippen LogP contribution < -0.4 is 0 Å². The van der Waals surface area contributed by atoms with Crippen LogP contribution in [-0.4, -0.2) is 46.8 Å². The Labute approximate surface area is 218 Å². The van der Waals surface area contributed by atoms with Gasteiger partial charge in [-0.25, -0.2) is 0 Å². The van der Waals surface area contributed by atoms with Crippen LogP contribution in [0.2, 0.25) is 0 Å². The van der Waals surface area contributed by atoms with Crippen LogP contribution in [0.1, 0.15) is 35.6 Å². The van der Waals surface area contributed by atoms with E-state index >= 15 is 0 Å². The number of carbonyl (C=O) groups is 1. The molecule has 198 valence electrons. The first-order valence-corrected chi connectivity index (χ1v) is 12.7. The van der Waals surface area contributed by atoms with Gasteiger partial charge in [-0.05, 0) is 41.8 Å². The lowest BCUT2D eigenvalue weighted by Gasteiger charge is -2.21. The van der Waals surface area contributed by atoms with Crippen LogP contribution in [0, 0.1) is 0 Å². The van der Waals surface area contributed by atoms with Crippen molar-refractivity contribution in [1.82, 2.24) is 14.7 Å². The summed E-state index contributed by atoms with van der Waals surface area (Å²) in [5.74, 6) is 0.661. The van der Waals surface area contributed by atoms with Crippen LogP contribution in [0.15, 0.2) is 52.5 Å². The molecule has 3 rings (SSSR count). The molecule has 0 aliphatic rings. The van der Waals surface area contributed by atoms with E-state index in [1.165, 1.54) is 13.9 Å². The van der Waals surface area contributed by atoms with Crippen LogP contribution >= 0.6 is 21.0 Å². The third-order valence-corrected chi connectivity index (χ3v) is 6.52. The van der Waals surface area contributed by atoms with Crippen molar-refractivity contribution < 1.29 is 26.7 Å². The highest BCUT2D eigenvalue weighted by molar-refractivity contribution is 8.16. The molecule has 0 fully saturated rings. The fraction of sp³-hybridized carbons (Fsp3) is 0.320. The summed E-state index contributed by atoms with van der Waals surface area (Å²) in [6.45, 7) is 2.54. The van der Waals surface area contributed by atoms with Crippen LogP contribution in [0.4, 0.5) is 22.0 Å². The van der Waals surface area contributed by atoms with Crippen LogP contribution in [0.25, 0.3) is 17.0 Å².